The lowest BCUT2D eigenvalue weighted by molar-refractivity contribution is 0.670. The number of fused-ring (bicyclic) bond motifs is 4. The van der Waals surface area contributed by atoms with Crippen molar-refractivity contribution in [2.45, 2.75) is 0 Å². The lowest BCUT2D eigenvalue weighted by atomic mass is 9.85. The Labute approximate surface area is 386 Å². The fourth-order valence-electron chi connectivity index (χ4n) is 11.6. The van der Waals surface area contributed by atoms with E-state index < -0.39 is 0 Å². The molecule has 1 heterocycles. The molecule has 0 saturated carbocycles. The summed E-state index contributed by atoms with van der Waals surface area (Å²) in [6, 6.07) is 85.4. The highest BCUT2D eigenvalue weighted by Gasteiger charge is 2.22. The number of furan rings is 1. The van der Waals surface area contributed by atoms with E-state index in [0.29, 0.717) is 0 Å². The second-order valence-corrected chi connectivity index (χ2v) is 18.3. The Morgan fingerprint density at radius 1 is 0.209 bits per heavy atom. The number of hydrogen-bond acceptors (Lipinski definition) is 1. The molecule has 308 valence electrons. The molecule has 0 spiro atoms. The molecule has 0 unspecified atom stereocenters. The molecule has 0 radical (unpaired) electrons. The quantitative estimate of drug-likeness (QED) is 0.157. The van der Waals surface area contributed by atoms with Crippen molar-refractivity contribution in [3.05, 3.63) is 231 Å². The Kier molecular flexibility index (Phi) is 7.56. The molecule has 0 aliphatic heterocycles. The first-order valence-corrected chi connectivity index (χ1v) is 23.2. The number of rotatable bonds is 5. The van der Waals surface area contributed by atoms with Crippen molar-refractivity contribution in [3.8, 4) is 55.6 Å². The first-order valence-electron chi connectivity index (χ1n) is 23.2. The van der Waals surface area contributed by atoms with Gasteiger partial charge in [-0.25, -0.2) is 0 Å². The summed E-state index contributed by atoms with van der Waals surface area (Å²) < 4.78 is 7.19. The van der Waals surface area contributed by atoms with Crippen LogP contribution in [-0.4, -0.2) is 0 Å². The molecule has 0 aliphatic rings. The maximum absolute atomic E-state index is 7.19. The van der Waals surface area contributed by atoms with Crippen LogP contribution in [0.2, 0.25) is 0 Å². The zero-order valence-corrected chi connectivity index (χ0v) is 36.3. The minimum atomic E-state index is 0.889. The predicted octanol–water partition coefficient (Wildman–Crippen LogP) is 18.9. The van der Waals surface area contributed by atoms with Crippen LogP contribution in [0, 0.1) is 0 Å². The average molecular weight is 847 g/mol. The van der Waals surface area contributed by atoms with Gasteiger partial charge in [0.1, 0.15) is 11.2 Å². The van der Waals surface area contributed by atoms with Crippen LogP contribution in [0.4, 0.5) is 0 Å². The maximum Gasteiger partial charge on any atom is 0.143 e. The van der Waals surface area contributed by atoms with Crippen LogP contribution in [0.15, 0.2) is 235 Å². The minimum absolute atomic E-state index is 0.889. The lowest BCUT2D eigenvalue weighted by Crippen LogP contribution is -1.91. The van der Waals surface area contributed by atoms with Crippen LogP contribution in [0.1, 0.15) is 0 Å². The Bertz CT molecular complexity index is 4470. The Balaban J connectivity index is 1.02. The van der Waals surface area contributed by atoms with Crippen molar-refractivity contribution < 1.29 is 4.42 Å². The van der Waals surface area contributed by atoms with E-state index in [2.05, 4.69) is 231 Å². The summed E-state index contributed by atoms with van der Waals surface area (Å²) in [7, 11) is 0. The summed E-state index contributed by atoms with van der Waals surface area (Å²) in [4.78, 5) is 0. The molecule has 1 aromatic heterocycles. The number of hydrogen-bond donors (Lipinski definition) is 0. The summed E-state index contributed by atoms with van der Waals surface area (Å²) in [5, 5.41) is 19.8. The van der Waals surface area contributed by atoms with E-state index in [1.807, 2.05) is 0 Å². The van der Waals surface area contributed by atoms with E-state index in [1.54, 1.807) is 0 Å². The summed E-state index contributed by atoms with van der Waals surface area (Å²) >= 11 is 0. The third kappa shape index (κ3) is 5.37. The fraction of sp³-hybridized carbons (Fsp3) is 0. The molecule has 0 N–H and O–H groups in total. The van der Waals surface area contributed by atoms with Crippen molar-refractivity contribution in [1.82, 2.24) is 0 Å². The molecule has 0 fully saturated rings. The van der Waals surface area contributed by atoms with Crippen molar-refractivity contribution >= 4 is 97.3 Å². The molecular weight excluding hydrogens is 809 g/mol. The highest BCUT2D eigenvalue weighted by atomic mass is 16.3. The van der Waals surface area contributed by atoms with Gasteiger partial charge in [0.05, 0.1) is 0 Å². The van der Waals surface area contributed by atoms with Crippen molar-refractivity contribution in [3.63, 3.8) is 0 Å². The predicted molar refractivity (Wildman–Crippen MR) is 286 cm³/mol. The van der Waals surface area contributed by atoms with E-state index >= 15 is 0 Å². The first kappa shape index (κ1) is 36.5. The molecule has 0 saturated heterocycles. The van der Waals surface area contributed by atoms with Crippen LogP contribution in [0.5, 0.6) is 0 Å². The minimum Gasteiger partial charge on any atom is -0.455 e. The van der Waals surface area contributed by atoms with E-state index in [-0.39, 0.29) is 0 Å². The van der Waals surface area contributed by atoms with Gasteiger partial charge in [-0.1, -0.05) is 200 Å². The van der Waals surface area contributed by atoms with Gasteiger partial charge in [0, 0.05) is 16.3 Å². The zero-order chi connectivity index (χ0) is 43.7. The topological polar surface area (TPSA) is 13.1 Å². The SMILES string of the molecule is c1ccc(-c2ccc3cc4c(cc3c2)oc2c(-c3ccc5ccc6c(-c7ccccc7)ccc7ccc3c5c76)cc(-c3ccc5ccc6c(-c7ccccc7)ccc7ccc3c5c76)cc24)cc1. The first-order chi connectivity index (χ1) is 33.2. The fourth-order valence-corrected chi connectivity index (χ4v) is 11.6. The lowest BCUT2D eigenvalue weighted by Gasteiger charge is -2.18. The Morgan fingerprint density at radius 2 is 0.642 bits per heavy atom. The standard InChI is InChI=1S/C66H38O/c1-4-10-39(11-5-1)46-16-17-47-35-58-60-37-49(52-28-20-44-22-30-54-50(40-12-6-2-7-13-40)26-18-42-24-32-56(52)64(44)62(42)54)36-59(66(60)67-61(58)38-48(47)34-46)53-29-21-45-23-31-55-51(41-14-8-3-9-15-41)27-19-43-25-33-57(53)65(45)63(43)55/h1-38H. The third-order valence-corrected chi connectivity index (χ3v) is 14.7. The maximum atomic E-state index is 7.19. The van der Waals surface area contributed by atoms with E-state index in [9.17, 15) is 0 Å². The van der Waals surface area contributed by atoms with Crippen molar-refractivity contribution in [2.75, 3.05) is 0 Å². The summed E-state index contributed by atoms with van der Waals surface area (Å²) in [6.45, 7) is 0. The van der Waals surface area contributed by atoms with Crippen LogP contribution in [0.3, 0.4) is 0 Å². The molecule has 0 bridgehead atoms. The van der Waals surface area contributed by atoms with Gasteiger partial charge in [0.2, 0.25) is 0 Å². The Hall–Kier alpha value is -8.78. The molecule has 15 rings (SSSR count). The van der Waals surface area contributed by atoms with Crippen molar-refractivity contribution in [1.29, 1.82) is 0 Å². The van der Waals surface area contributed by atoms with Crippen LogP contribution >= 0.6 is 0 Å². The molecule has 14 aromatic carbocycles. The van der Waals surface area contributed by atoms with Gasteiger partial charge in [0.15, 0.2) is 0 Å². The van der Waals surface area contributed by atoms with E-state index in [1.165, 1.54) is 120 Å². The van der Waals surface area contributed by atoms with Crippen LogP contribution in [0.25, 0.3) is 153 Å². The molecule has 15 aromatic rings. The second kappa shape index (κ2) is 13.9. The number of benzene rings is 14. The highest BCUT2D eigenvalue weighted by molar-refractivity contribution is 6.30. The third-order valence-electron chi connectivity index (χ3n) is 14.7. The summed E-state index contributed by atoms with van der Waals surface area (Å²) in [6.07, 6.45) is 0. The molecule has 0 aliphatic carbocycles. The van der Waals surface area contributed by atoms with Gasteiger partial charge in [-0.3, -0.25) is 0 Å². The van der Waals surface area contributed by atoms with E-state index in [0.717, 1.165) is 32.9 Å². The molecule has 0 atom stereocenters. The Morgan fingerprint density at radius 3 is 1.16 bits per heavy atom. The second-order valence-electron chi connectivity index (χ2n) is 18.3. The van der Waals surface area contributed by atoms with Crippen LogP contribution < -0.4 is 0 Å². The molecule has 1 heteroatoms. The van der Waals surface area contributed by atoms with Crippen molar-refractivity contribution in [2.24, 2.45) is 0 Å². The highest BCUT2D eigenvalue weighted by Crippen LogP contribution is 2.48. The molecule has 67 heavy (non-hydrogen) atoms. The average Bonchev–Trinajstić information content (AvgIpc) is 3.76. The monoisotopic (exact) mass is 846 g/mol. The smallest absolute Gasteiger partial charge is 0.143 e. The summed E-state index contributed by atoms with van der Waals surface area (Å²) in [5.41, 5.74) is 13.8. The molecule has 0 amide bonds. The van der Waals surface area contributed by atoms with E-state index in [4.69, 9.17) is 4.42 Å². The largest absolute Gasteiger partial charge is 0.455 e. The van der Waals surface area contributed by atoms with Gasteiger partial charge >= 0.3 is 0 Å². The van der Waals surface area contributed by atoms with Gasteiger partial charge in [-0.15, -0.1) is 0 Å². The van der Waals surface area contributed by atoms with Crippen LogP contribution in [-0.2, 0) is 0 Å². The molecule has 1 nitrogen and oxygen atoms in total. The molecular formula is C66H38O. The van der Waals surface area contributed by atoms with Gasteiger partial charge in [-0.05, 0) is 156 Å². The van der Waals surface area contributed by atoms with Gasteiger partial charge in [-0.2, -0.15) is 0 Å². The summed E-state index contributed by atoms with van der Waals surface area (Å²) in [5.74, 6) is 0. The zero-order valence-electron chi connectivity index (χ0n) is 36.3. The van der Waals surface area contributed by atoms with Gasteiger partial charge in [0.25, 0.3) is 0 Å². The normalized spacial score (nSPS) is 12.2. The van der Waals surface area contributed by atoms with Gasteiger partial charge < -0.3 is 4.42 Å².